The molecule has 0 aliphatic heterocycles. The number of ether oxygens (including phenoxy) is 1. The Hall–Kier alpha value is -1.85. The van der Waals surface area contributed by atoms with Crippen molar-refractivity contribution in [3.05, 3.63) is 17.2 Å². The predicted molar refractivity (Wildman–Crippen MR) is 73.4 cm³/mol. The maximum atomic E-state index is 11.7. The Bertz CT molecular complexity index is 493. The standard InChI is InChI=1S/C14H21N3O3/c1-8-15-10-5-9(6-11(10)16-8)12(7-18)17-13(19)20-14(2,3)4/h7,9,12H,5-6H2,1-4H3,(H,15,16)(H,17,19). The Morgan fingerprint density at radius 2 is 2.20 bits per heavy atom. The second kappa shape index (κ2) is 5.26. The third-order valence-electron chi connectivity index (χ3n) is 3.24. The molecule has 2 unspecified atom stereocenters. The smallest absolute Gasteiger partial charge is 0.408 e. The van der Waals surface area contributed by atoms with Gasteiger partial charge in [0.05, 0.1) is 11.7 Å². The van der Waals surface area contributed by atoms with Crippen molar-refractivity contribution in [1.82, 2.24) is 15.3 Å². The van der Waals surface area contributed by atoms with Gasteiger partial charge in [-0.05, 0) is 46.5 Å². The van der Waals surface area contributed by atoms with E-state index < -0.39 is 17.7 Å². The molecule has 2 rings (SSSR count). The van der Waals surface area contributed by atoms with Crippen molar-refractivity contribution in [3.63, 3.8) is 0 Å². The van der Waals surface area contributed by atoms with Gasteiger partial charge in [-0.15, -0.1) is 0 Å². The van der Waals surface area contributed by atoms with E-state index in [-0.39, 0.29) is 5.92 Å². The van der Waals surface area contributed by atoms with Gasteiger partial charge in [-0.1, -0.05) is 0 Å². The summed E-state index contributed by atoms with van der Waals surface area (Å²) in [5.74, 6) is 0.922. The van der Waals surface area contributed by atoms with E-state index >= 15 is 0 Å². The molecule has 1 aliphatic carbocycles. The molecule has 2 N–H and O–H groups in total. The zero-order chi connectivity index (χ0) is 14.9. The summed E-state index contributed by atoms with van der Waals surface area (Å²) in [6.45, 7) is 7.27. The molecule has 1 aromatic heterocycles. The van der Waals surface area contributed by atoms with Crippen LogP contribution in [0.25, 0.3) is 0 Å². The van der Waals surface area contributed by atoms with E-state index in [2.05, 4.69) is 15.3 Å². The zero-order valence-corrected chi connectivity index (χ0v) is 12.3. The van der Waals surface area contributed by atoms with E-state index in [1.165, 1.54) is 0 Å². The molecule has 1 amide bonds. The summed E-state index contributed by atoms with van der Waals surface area (Å²) in [5.41, 5.74) is 1.48. The second-order valence-corrected chi connectivity index (χ2v) is 6.22. The number of aromatic nitrogens is 2. The van der Waals surface area contributed by atoms with E-state index in [0.717, 1.165) is 29.9 Å². The minimum Gasteiger partial charge on any atom is -0.444 e. The van der Waals surface area contributed by atoms with Gasteiger partial charge in [0.25, 0.3) is 0 Å². The molecule has 0 radical (unpaired) electrons. The van der Waals surface area contributed by atoms with Crippen LogP contribution in [0.4, 0.5) is 4.79 Å². The molecular weight excluding hydrogens is 258 g/mol. The topological polar surface area (TPSA) is 84.1 Å². The number of carbonyl (C=O) groups is 2. The van der Waals surface area contributed by atoms with Gasteiger partial charge in [-0.2, -0.15) is 0 Å². The first kappa shape index (κ1) is 14.6. The average molecular weight is 279 g/mol. The number of aldehydes is 1. The quantitative estimate of drug-likeness (QED) is 0.822. The highest BCUT2D eigenvalue weighted by atomic mass is 16.6. The number of hydrogen-bond donors (Lipinski definition) is 2. The molecule has 0 saturated heterocycles. The Morgan fingerprint density at radius 3 is 2.75 bits per heavy atom. The first-order valence-corrected chi connectivity index (χ1v) is 6.77. The number of fused-ring (bicyclic) bond motifs is 1. The maximum absolute atomic E-state index is 11.7. The first-order valence-electron chi connectivity index (χ1n) is 6.77. The van der Waals surface area contributed by atoms with Crippen LogP contribution in [0.2, 0.25) is 0 Å². The van der Waals surface area contributed by atoms with E-state index in [0.29, 0.717) is 6.42 Å². The van der Waals surface area contributed by atoms with E-state index in [1.807, 2.05) is 6.92 Å². The maximum Gasteiger partial charge on any atom is 0.408 e. The molecule has 6 nitrogen and oxygen atoms in total. The summed E-state index contributed by atoms with van der Waals surface area (Å²) >= 11 is 0. The lowest BCUT2D eigenvalue weighted by Gasteiger charge is -2.23. The van der Waals surface area contributed by atoms with E-state index in [4.69, 9.17) is 4.74 Å². The average Bonchev–Trinajstić information content (AvgIpc) is 2.80. The van der Waals surface area contributed by atoms with E-state index in [9.17, 15) is 9.59 Å². The minimum absolute atomic E-state index is 0.0365. The third-order valence-corrected chi connectivity index (χ3v) is 3.24. The van der Waals surface area contributed by atoms with Crippen molar-refractivity contribution in [2.75, 3.05) is 0 Å². The van der Waals surface area contributed by atoms with Crippen LogP contribution in [0.3, 0.4) is 0 Å². The normalized spacial score (nSPS) is 16.6. The van der Waals surface area contributed by atoms with Gasteiger partial charge in [0.2, 0.25) is 0 Å². The summed E-state index contributed by atoms with van der Waals surface area (Å²) in [5, 5.41) is 2.63. The Labute approximate surface area is 118 Å². The molecule has 0 aromatic carbocycles. The number of rotatable bonds is 3. The SMILES string of the molecule is Cc1nc2c([nH]1)CC(C(C=O)NC(=O)OC(C)(C)C)C2. The zero-order valence-electron chi connectivity index (χ0n) is 12.3. The van der Waals surface area contributed by atoms with Crippen LogP contribution in [0.1, 0.15) is 38.0 Å². The number of imidazole rings is 1. The van der Waals surface area contributed by atoms with Crippen LogP contribution < -0.4 is 5.32 Å². The molecule has 0 fully saturated rings. The van der Waals surface area contributed by atoms with Crippen LogP contribution >= 0.6 is 0 Å². The predicted octanol–water partition coefficient (Wildman–Crippen LogP) is 1.53. The van der Waals surface area contributed by atoms with Crippen LogP contribution in [0.15, 0.2) is 0 Å². The number of alkyl carbamates (subject to hydrolysis) is 1. The van der Waals surface area contributed by atoms with Crippen LogP contribution in [0, 0.1) is 12.8 Å². The second-order valence-electron chi connectivity index (χ2n) is 6.22. The monoisotopic (exact) mass is 279 g/mol. The molecule has 0 bridgehead atoms. The summed E-state index contributed by atoms with van der Waals surface area (Å²) in [6, 6.07) is -0.548. The fourth-order valence-electron chi connectivity index (χ4n) is 2.47. The Kier molecular flexibility index (Phi) is 3.83. The van der Waals surface area contributed by atoms with Gasteiger partial charge >= 0.3 is 6.09 Å². The van der Waals surface area contributed by atoms with Gasteiger partial charge in [-0.3, -0.25) is 0 Å². The molecule has 20 heavy (non-hydrogen) atoms. The number of nitrogens with one attached hydrogen (secondary N) is 2. The van der Waals surface area contributed by atoms with Crippen LogP contribution in [0.5, 0.6) is 0 Å². The van der Waals surface area contributed by atoms with Gasteiger partial charge in [0.1, 0.15) is 17.7 Å². The van der Waals surface area contributed by atoms with Gasteiger partial charge in [-0.25, -0.2) is 9.78 Å². The lowest BCUT2D eigenvalue weighted by molar-refractivity contribution is -0.110. The summed E-state index contributed by atoms with van der Waals surface area (Å²) < 4.78 is 5.17. The van der Waals surface area contributed by atoms with Gasteiger partial charge in [0, 0.05) is 5.69 Å². The highest BCUT2D eigenvalue weighted by Crippen LogP contribution is 2.26. The molecular formula is C14H21N3O3. The Balaban J connectivity index is 1.95. The van der Waals surface area contributed by atoms with Crippen LogP contribution in [-0.2, 0) is 22.4 Å². The fraction of sp³-hybridized carbons (Fsp3) is 0.643. The number of aryl methyl sites for hydroxylation is 1. The fourth-order valence-corrected chi connectivity index (χ4v) is 2.47. The van der Waals surface area contributed by atoms with E-state index in [1.54, 1.807) is 20.8 Å². The number of aromatic amines is 1. The minimum atomic E-state index is -0.573. The van der Waals surface area contributed by atoms with Crippen molar-refractivity contribution in [1.29, 1.82) is 0 Å². The van der Waals surface area contributed by atoms with Crippen LogP contribution in [-0.4, -0.2) is 34.0 Å². The lowest BCUT2D eigenvalue weighted by atomic mass is 9.98. The van der Waals surface area contributed by atoms with Crippen molar-refractivity contribution >= 4 is 12.4 Å². The van der Waals surface area contributed by atoms with Gasteiger partial charge < -0.3 is 19.8 Å². The number of hydrogen-bond acceptors (Lipinski definition) is 4. The number of nitrogens with zero attached hydrogens (tertiary/aromatic N) is 1. The largest absolute Gasteiger partial charge is 0.444 e. The third kappa shape index (κ3) is 3.37. The Morgan fingerprint density at radius 1 is 1.50 bits per heavy atom. The van der Waals surface area contributed by atoms with Crippen molar-refractivity contribution in [3.8, 4) is 0 Å². The number of carbonyl (C=O) groups excluding carboxylic acids is 2. The molecule has 6 heteroatoms. The number of amides is 1. The van der Waals surface area contributed by atoms with Crippen molar-refractivity contribution in [2.24, 2.45) is 5.92 Å². The molecule has 1 aromatic rings. The molecule has 1 heterocycles. The summed E-state index contributed by atoms with van der Waals surface area (Å²) in [4.78, 5) is 30.5. The summed E-state index contributed by atoms with van der Waals surface area (Å²) in [6.07, 6.45) is 1.62. The first-order chi connectivity index (χ1) is 9.28. The number of H-pyrrole nitrogens is 1. The highest BCUT2D eigenvalue weighted by Gasteiger charge is 2.32. The van der Waals surface area contributed by atoms with Crippen molar-refractivity contribution in [2.45, 2.75) is 52.2 Å². The summed E-state index contributed by atoms with van der Waals surface area (Å²) in [7, 11) is 0. The van der Waals surface area contributed by atoms with Crippen molar-refractivity contribution < 1.29 is 14.3 Å². The molecule has 2 atom stereocenters. The molecule has 0 saturated carbocycles. The molecule has 110 valence electrons. The van der Waals surface area contributed by atoms with Gasteiger partial charge in [0.15, 0.2) is 0 Å². The lowest BCUT2D eigenvalue weighted by Crippen LogP contribution is -2.44. The highest BCUT2D eigenvalue weighted by molar-refractivity contribution is 5.73. The molecule has 0 spiro atoms. The molecule has 1 aliphatic rings.